The minimum Gasteiger partial charge on any atom is -0.320 e. The van der Waals surface area contributed by atoms with Gasteiger partial charge >= 0.3 is 0 Å². The lowest BCUT2D eigenvalue weighted by Gasteiger charge is -2.08. The van der Waals surface area contributed by atoms with E-state index in [0.717, 1.165) is 28.0 Å². The number of halogens is 1. The smallest absolute Gasteiger partial charge is 0.273 e. The van der Waals surface area contributed by atoms with Crippen molar-refractivity contribution in [3.8, 4) is 22.5 Å². The molecule has 6 nitrogen and oxygen atoms in total. The predicted molar refractivity (Wildman–Crippen MR) is 117 cm³/mol. The molecule has 2 aromatic carbocycles. The second kappa shape index (κ2) is 7.53. The molecule has 0 bridgehead atoms. The number of aromatic amines is 1. The predicted octanol–water partition coefficient (Wildman–Crippen LogP) is 5.09. The second-order valence-electron chi connectivity index (χ2n) is 7.22. The lowest BCUT2D eigenvalue weighted by molar-refractivity contribution is 0.102. The number of anilines is 1. The number of nitrogens with zero attached hydrogens (tertiary/aromatic N) is 3. The minimum absolute atomic E-state index is 0.306. The van der Waals surface area contributed by atoms with Gasteiger partial charge in [0, 0.05) is 23.5 Å². The van der Waals surface area contributed by atoms with Gasteiger partial charge in [-0.15, -0.1) is 0 Å². The first-order valence-electron chi connectivity index (χ1n) is 9.75. The third-order valence-electron chi connectivity index (χ3n) is 5.09. The zero-order chi connectivity index (χ0) is 21.4. The summed E-state index contributed by atoms with van der Waals surface area (Å²) in [5.41, 5.74) is 5.76. The van der Waals surface area contributed by atoms with Gasteiger partial charge in [-0.1, -0.05) is 24.3 Å². The molecular formula is C24H18FN5O. The van der Waals surface area contributed by atoms with Crippen LogP contribution >= 0.6 is 0 Å². The Labute approximate surface area is 177 Å². The van der Waals surface area contributed by atoms with E-state index in [-0.39, 0.29) is 11.7 Å². The number of fused-ring (bicyclic) bond motifs is 1. The van der Waals surface area contributed by atoms with Crippen molar-refractivity contribution in [3.05, 3.63) is 96.2 Å². The van der Waals surface area contributed by atoms with Gasteiger partial charge in [-0.3, -0.25) is 9.89 Å². The molecule has 5 aromatic rings. The number of carbonyl (C=O) groups is 1. The summed E-state index contributed by atoms with van der Waals surface area (Å²) in [5, 5.41) is 9.86. The van der Waals surface area contributed by atoms with E-state index in [1.165, 1.54) is 12.1 Å². The SMILES string of the molecule is Cc1cccn2cc(-c3ccccc3NC(=O)c3cc(-c4ccc(F)cc4)n[nH]3)nc12. The maximum absolute atomic E-state index is 13.1. The van der Waals surface area contributed by atoms with Crippen LogP contribution in [0.15, 0.2) is 79.1 Å². The van der Waals surface area contributed by atoms with Crippen molar-refractivity contribution < 1.29 is 9.18 Å². The van der Waals surface area contributed by atoms with Crippen molar-refractivity contribution in [3.63, 3.8) is 0 Å². The van der Waals surface area contributed by atoms with Crippen molar-refractivity contribution in [2.45, 2.75) is 6.92 Å². The van der Waals surface area contributed by atoms with Crippen LogP contribution in [-0.2, 0) is 0 Å². The summed E-state index contributed by atoms with van der Waals surface area (Å²) in [5.74, 6) is -0.649. The topological polar surface area (TPSA) is 75.1 Å². The van der Waals surface area contributed by atoms with Crippen LogP contribution < -0.4 is 5.32 Å². The first-order valence-corrected chi connectivity index (χ1v) is 9.75. The van der Waals surface area contributed by atoms with E-state index in [9.17, 15) is 9.18 Å². The Kier molecular flexibility index (Phi) is 4.55. The van der Waals surface area contributed by atoms with Crippen LogP contribution in [0.4, 0.5) is 10.1 Å². The Balaban J connectivity index is 1.44. The van der Waals surface area contributed by atoms with Gasteiger partial charge in [-0.25, -0.2) is 9.37 Å². The highest BCUT2D eigenvalue weighted by molar-refractivity contribution is 6.05. The number of amides is 1. The molecule has 0 saturated heterocycles. The third kappa shape index (κ3) is 3.57. The average Bonchev–Trinajstić information content (AvgIpc) is 3.43. The van der Waals surface area contributed by atoms with Crippen LogP contribution in [0.3, 0.4) is 0 Å². The molecule has 0 aliphatic heterocycles. The molecule has 0 atom stereocenters. The van der Waals surface area contributed by atoms with Crippen LogP contribution in [0, 0.1) is 12.7 Å². The molecular weight excluding hydrogens is 393 g/mol. The van der Waals surface area contributed by atoms with Crippen molar-refractivity contribution in [1.29, 1.82) is 0 Å². The molecule has 0 radical (unpaired) electrons. The van der Waals surface area contributed by atoms with Gasteiger partial charge in [0.25, 0.3) is 5.91 Å². The number of hydrogen-bond donors (Lipinski definition) is 2. The Morgan fingerprint density at radius 3 is 2.65 bits per heavy atom. The van der Waals surface area contributed by atoms with E-state index in [4.69, 9.17) is 4.98 Å². The van der Waals surface area contributed by atoms with Gasteiger partial charge in [-0.05, 0) is 55.0 Å². The van der Waals surface area contributed by atoms with Gasteiger partial charge in [0.05, 0.1) is 17.1 Å². The molecule has 0 spiro atoms. The van der Waals surface area contributed by atoms with Gasteiger partial charge < -0.3 is 9.72 Å². The molecule has 3 heterocycles. The van der Waals surface area contributed by atoms with Crippen molar-refractivity contribution >= 4 is 17.2 Å². The number of rotatable bonds is 4. The summed E-state index contributed by atoms with van der Waals surface area (Å²) in [4.78, 5) is 17.6. The number of imidazole rings is 1. The lowest BCUT2D eigenvalue weighted by Crippen LogP contribution is -2.13. The molecule has 0 aliphatic carbocycles. The highest BCUT2D eigenvalue weighted by Crippen LogP contribution is 2.28. The monoisotopic (exact) mass is 411 g/mol. The molecule has 152 valence electrons. The molecule has 7 heteroatoms. The Bertz CT molecular complexity index is 1400. The molecule has 0 fully saturated rings. The van der Waals surface area contributed by atoms with Gasteiger partial charge in [0.15, 0.2) is 0 Å². The summed E-state index contributed by atoms with van der Waals surface area (Å²) in [7, 11) is 0. The van der Waals surface area contributed by atoms with Crippen molar-refractivity contribution in [1.82, 2.24) is 19.6 Å². The molecule has 0 aliphatic rings. The molecule has 31 heavy (non-hydrogen) atoms. The average molecular weight is 411 g/mol. The largest absolute Gasteiger partial charge is 0.320 e. The molecule has 1 amide bonds. The van der Waals surface area contributed by atoms with Crippen molar-refractivity contribution in [2.24, 2.45) is 0 Å². The van der Waals surface area contributed by atoms with E-state index in [0.29, 0.717) is 17.1 Å². The number of nitrogens with one attached hydrogen (secondary N) is 2. The fourth-order valence-corrected chi connectivity index (χ4v) is 3.50. The quantitative estimate of drug-likeness (QED) is 0.432. The van der Waals surface area contributed by atoms with E-state index < -0.39 is 0 Å². The highest BCUT2D eigenvalue weighted by atomic mass is 19.1. The summed E-state index contributed by atoms with van der Waals surface area (Å²) in [6, 6.07) is 19.1. The normalized spacial score (nSPS) is 11.0. The molecule has 3 aromatic heterocycles. The number of para-hydroxylation sites is 1. The highest BCUT2D eigenvalue weighted by Gasteiger charge is 2.15. The lowest BCUT2D eigenvalue weighted by atomic mass is 10.1. The zero-order valence-corrected chi connectivity index (χ0v) is 16.6. The molecule has 2 N–H and O–H groups in total. The van der Waals surface area contributed by atoms with Gasteiger partial charge in [0.2, 0.25) is 0 Å². The number of aryl methyl sites for hydroxylation is 1. The number of pyridine rings is 1. The first-order chi connectivity index (χ1) is 15.1. The Morgan fingerprint density at radius 1 is 1.03 bits per heavy atom. The van der Waals surface area contributed by atoms with Gasteiger partial charge in [0.1, 0.15) is 17.2 Å². The number of aromatic nitrogens is 4. The fraction of sp³-hybridized carbons (Fsp3) is 0.0417. The maximum Gasteiger partial charge on any atom is 0.273 e. The standard InChI is InChI=1S/C24H18FN5O/c1-15-5-4-12-30-14-22(26-23(15)30)18-6-2-3-7-19(18)27-24(31)21-13-20(28-29-21)16-8-10-17(25)11-9-16/h2-14H,1H3,(H,27,31)(H,28,29). The van der Waals surface area contributed by atoms with Crippen LogP contribution in [-0.4, -0.2) is 25.5 Å². The van der Waals surface area contributed by atoms with Crippen molar-refractivity contribution in [2.75, 3.05) is 5.32 Å². The third-order valence-corrected chi connectivity index (χ3v) is 5.09. The Morgan fingerprint density at radius 2 is 1.84 bits per heavy atom. The van der Waals surface area contributed by atoms with Crippen LogP contribution in [0.5, 0.6) is 0 Å². The zero-order valence-electron chi connectivity index (χ0n) is 16.6. The van der Waals surface area contributed by atoms with Crippen LogP contribution in [0.1, 0.15) is 16.1 Å². The van der Waals surface area contributed by atoms with Crippen LogP contribution in [0.2, 0.25) is 0 Å². The van der Waals surface area contributed by atoms with E-state index in [1.54, 1.807) is 18.2 Å². The second-order valence-corrected chi connectivity index (χ2v) is 7.22. The summed E-state index contributed by atoms with van der Waals surface area (Å²) < 4.78 is 15.1. The maximum atomic E-state index is 13.1. The van der Waals surface area contributed by atoms with E-state index in [1.807, 2.05) is 60.1 Å². The summed E-state index contributed by atoms with van der Waals surface area (Å²) >= 11 is 0. The number of H-pyrrole nitrogens is 1. The summed E-state index contributed by atoms with van der Waals surface area (Å²) in [6.45, 7) is 2.01. The molecule has 5 rings (SSSR count). The minimum atomic E-state index is -0.326. The van der Waals surface area contributed by atoms with Gasteiger partial charge in [-0.2, -0.15) is 5.10 Å². The number of hydrogen-bond acceptors (Lipinski definition) is 3. The van der Waals surface area contributed by atoms with Crippen LogP contribution in [0.25, 0.3) is 28.2 Å². The molecule has 0 saturated carbocycles. The Hall–Kier alpha value is -4.26. The number of benzene rings is 2. The molecule has 0 unspecified atom stereocenters. The first kappa shape index (κ1) is 18.7. The van der Waals surface area contributed by atoms with E-state index in [2.05, 4.69) is 15.5 Å². The summed E-state index contributed by atoms with van der Waals surface area (Å²) in [6.07, 6.45) is 3.89. The number of carbonyl (C=O) groups excluding carboxylic acids is 1. The fourth-order valence-electron chi connectivity index (χ4n) is 3.50. The van der Waals surface area contributed by atoms with E-state index >= 15 is 0 Å².